The van der Waals surface area contributed by atoms with Crippen LogP contribution >= 0.6 is 23.2 Å². The highest BCUT2D eigenvalue weighted by Gasteiger charge is 2.32. The summed E-state index contributed by atoms with van der Waals surface area (Å²) in [7, 11) is 0. The predicted molar refractivity (Wildman–Crippen MR) is 84.6 cm³/mol. The van der Waals surface area contributed by atoms with Crippen LogP contribution in [0.2, 0.25) is 10.0 Å². The third-order valence-corrected chi connectivity index (χ3v) is 3.40. The molecule has 0 aliphatic rings. The molecule has 2 rings (SSSR count). The van der Waals surface area contributed by atoms with Gasteiger partial charge in [-0.2, -0.15) is 18.3 Å². The number of nitrogens with one attached hydrogen (secondary N) is 1. The Hall–Kier alpha value is -2.25. The molecule has 1 amide bonds. The van der Waals surface area contributed by atoms with Crippen molar-refractivity contribution in [3.05, 3.63) is 63.1 Å². The second-order valence-corrected chi connectivity index (χ2v) is 5.45. The van der Waals surface area contributed by atoms with E-state index in [9.17, 15) is 23.1 Å². The summed E-state index contributed by atoms with van der Waals surface area (Å²) in [6.45, 7) is 0. The lowest BCUT2D eigenvalue weighted by atomic mass is 10.1. The van der Waals surface area contributed by atoms with Gasteiger partial charge in [0, 0.05) is 16.1 Å². The second kappa shape index (κ2) is 7.11. The quantitative estimate of drug-likeness (QED) is 0.612. The molecule has 126 valence electrons. The van der Waals surface area contributed by atoms with Crippen molar-refractivity contribution in [2.45, 2.75) is 6.18 Å². The number of hydrogen-bond acceptors (Lipinski definition) is 3. The zero-order chi connectivity index (χ0) is 17.9. The summed E-state index contributed by atoms with van der Waals surface area (Å²) in [4.78, 5) is 11.8. The lowest BCUT2D eigenvalue weighted by Crippen LogP contribution is -2.17. The Labute approximate surface area is 144 Å². The maximum absolute atomic E-state index is 12.7. The largest absolute Gasteiger partial charge is 0.506 e. The Kier molecular flexibility index (Phi) is 5.36. The van der Waals surface area contributed by atoms with E-state index in [1.807, 2.05) is 0 Å². The molecule has 0 saturated heterocycles. The molecule has 0 atom stereocenters. The van der Waals surface area contributed by atoms with Crippen molar-refractivity contribution in [1.29, 1.82) is 0 Å². The van der Waals surface area contributed by atoms with Crippen molar-refractivity contribution in [3.63, 3.8) is 0 Å². The summed E-state index contributed by atoms with van der Waals surface area (Å²) in [6.07, 6.45) is -3.77. The summed E-state index contributed by atoms with van der Waals surface area (Å²) in [6, 6.07) is 7.26. The highest BCUT2D eigenvalue weighted by atomic mass is 35.5. The standard InChI is InChI=1S/C15H9Cl2F3N2O2/c16-11-3-1-2-8(5-11)14(24)22-21-7-9-4-10(15(18,19)20)6-12(17)13(9)23/h1-7,23H,(H,22,24)/b21-7+. The van der Waals surface area contributed by atoms with Crippen LogP contribution < -0.4 is 5.43 Å². The molecule has 0 unspecified atom stereocenters. The Morgan fingerprint density at radius 2 is 1.92 bits per heavy atom. The van der Waals surface area contributed by atoms with Crippen molar-refractivity contribution < 1.29 is 23.1 Å². The predicted octanol–water partition coefficient (Wildman–Crippen LogP) is 4.48. The Morgan fingerprint density at radius 3 is 2.54 bits per heavy atom. The van der Waals surface area contributed by atoms with Crippen molar-refractivity contribution >= 4 is 35.3 Å². The first kappa shape index (κ1) is 18.1. The van der Waals surface area contributed by atoms with E-state index >= 15 is 0 Å². The van der Waals surface area contributed by atoms with Crippen LogP contribution in [0.4, 0.5) is 13.2 Å². The van der Waals surface area contributed by atoms with Crippen LogP contribution in [0.15, 0.2) is 41.5 Å². The molecule has 0 aromatic heterocycles. The maximum atomic E-state index is 12.7. The lowest BCUT2D eigenvalue weighted by molar-refractivity contribution is -0.137. The van der Waals surface area contributed by atoms with Crippen LogP contribution in [0, 0.1) is 0 Å². The first-order valence-corrected chi connectivity index (χ1v) is 7.13. The van der Waals surface area contributed by atoms with Crippen molar-refractivity contribution in [2.75, 3.05) is 0 Å². The number of amides is 1. The van der Waals surface area contributed by atoms with Gasteiger partial charge in [0.1, 0.15) is 5.75 Å². The van der Waals surface area contributed by atoms with E-state index in [0.717, 1.165) is 6.21 Å². The minimum Gasteiger partial charge on any atom is -0.506 e. The van der Waals surface area contributed by atoms with E-state index < -0.39 is 28.4 Å². The fourth-order valence-electron chi connectivity index (χ4n) is 1.74. The third kappa shape index (κ3) is 4.39. The van der Waals surface area contributed by atoms with Gasteiger partial charge in [-0.25, -0.2) is 5.43 Å². The number of halogens is 5. The zero-order valence-corrected chi connectivity index (χ0v) is 13.2. The number of benzene rings is 2. The van der Waals surface area contributed by atoms with E-state index in [4.69, 9.17) is 23.2 Å². The highest BCUT2D eigenvalue weighted by Crippen LogP contribution is 2.36. The molecule has 2 N–H and O–H groups in total. The molecule has 0 spiro atoms. The van der Waals surface area contributed by atoms with Crippen LogP contribution in [-0.2, 0) is 6.18 Å². The second-order valence-electron chi connectivity index (χ2n) is 4.60. The average Bonchev–Trinajstić information content (AvgIpc) is 2.50. The first-order valence-electron chi connectivity index (χ1n) is 6.37. The topological polar surface area (TPSA) is 61.7 Å². The van der Waals surface area contributed by atoms with Crippen LogP contribution in [0.25, 0.3) is 0 Å². The van der Waals surface area contributed by atoms with Gasteiger partial charge >= 0.3 is 6.18 Å². The van der Waals surface area contributed by atoms with Gasteiger partial charge in [-0.3, -0.25) is 4.79 Å². The van der Waals surface area contributed by atoms with E-state index in [1.54, 1.807) is 12.1 Å². The molecule has 9 heteroatoms. The Balaban J connectivity index is 2.20. The number of hydrogen-bond donors (Lipinski definition) is 2. The van der Waals surface area contributed by atoms with Crippen molar-refractivity contribution in [3.8, 4) is 5.75 Å². The number of carbonyl (C=O) groups is 1. The molecule has 0 radical (unpaired) electrons. The molecule has 0 aliphatic carbocycles. The van der Waals surface area contributed by atoms with Crippen molar-refractivity contribution in [2.24, 2.45) is 5.10 Å². The van der Waals surface area contributed by atoms with E-state index in [-0.39, 0.29) is 11.1 Å². The van der Waals surface area contributed by atoms with Gasteiger partial charge in [-0.15, -0.1) is 0 Å². The molecule has 0 heterocycles. The average molecular weight is 377 g/mol. The van der Waals surface area contributed by atoms with Gasteiger partial charge in [0.15, 0.2) is 0 Å². The molecule has 24 heavy (non-hydrogen) atoms. The molecule has 0 aliphatic heterocycles. The maximum Gasteiger partial charge on any atom is 0.416 e. The number of carbonyl (C=O) groups excluding carboxylic acids is 1. The number of phenolic OH excluding ortho intramolecular Hbond substituents is 1. The number of nitrogens with zero attached hydrogens (tertiary/aromatic N) is 1. The molecule has 0 saturated carbocycles. The van der Waals surface area contributed by atoms with Crippen LogP contribution in [0.3, 0.4) is 0 Å². The van der Waals surface area contributed by atoms with Crippen molar-refractivity contribution in [1.82, 2.24) is 5.43 Å². The Morgan fingerprint density at radius 1 is 1.21 bits per heavy atom. The minimum atomic E-state index is -4.63. The fourth-order valence-corrected chi connectivity index (χ4v) is 2.15. The molecule has 0 bridgehead atoms. The smallest absolute Gasteiger partial charge is 0.416 e. The van der Waals surface area contributed by atoms with E-state index in [1.165, 1.54) is 12.1 Å². The number of alkyl halides is 3. The van der Waals surface area contributed by atoms with Gasteiger partial charge in [0.2, 0.25) is 0 Å². The molecule has 2 aromatic carbocycles. The minimum absolute atomic E-state index is 0.214. The van der Waals surface area contributed by atoms with Gasteiger partial charge in [0.05, 0.1) is 16.8 Å². The highest BCUT2D eigenvalue weighted by molar-refractivity contribution is 6.32. The van der Waals surface area contributed by atoms with Crippen LogP contribution in [-0.4, -0.2) is 17.2 Å². The number of aromatic hydroxyl groups is 1. The number of phenols is 1. The Bertz CT molecular complexity index is 808. The summed E-state index contributed by atoms with van der Waals surface area (Å²) in [5.41, 5.74) is 0.991. The molecule has 2 aromatic rings. The van der Waals surface area contributed by atoms with Crippen LogP contribution in [0.1, 0.15) is 21.5 Å². The third-order valence-electron chi connectivity index (χ3n) is 2.88. The lowest BCUT2D eigenvalue weighted by Gasteiger charge is -2.09. The summed E-state index contributed by atoms with van der Waals surface area (Å²) < 4.78 is 38.2. The molecular formula is C15H9Cl2F3N2O2. The SMILES string of the molecule is O=C(N/N=C/c1cc(C(F)(F)F)cc(Cl)c1O)c1cccc(Cl)c1. The molecule has 4 nitrogen and oxygen atoms in total. The van der Waals surface area contributed by atoms with E-state index in [2.05, 4.69) is 10.5 Å². The van der Waals surface area contributed by atoms with Gasteiger partial charge < -0.3 is 5.11 Å². The number of rotatable bonds is 3. The first-order chi connectivity index (χ1) is 11.2. The monoisotopic (exact) mass is 376 g/mol. The number of hydrazone groups is 1. The molecule has 0 fully saturated rings. The van der Waals surface area contributed by atoms with E-state index in [0.29, 0.717) is 17.2 Å². The van der Waals surface area contributed by atoms with Gasteiger partial charge in [0.25, 0.3) is 5.91 Å². The normalized spacial score (nSPS) is 11.7. The molecular weight excluding hydrogens is 368 g/mol. The summed E-state index contributed by atoms with van der Waals surface area (Å²) in [5.74, 6) is -1.20. The fraction of sp³-hybridized carbons (Fsp3) is 0.0667. The van der Waals surface area contributed by atoms with Crippen LogP contribution in [0.5, 0.6) is 5.75 Å². The zero-order valence-electron chi connectivity index (χ0n) is 11.7. The summed E-state index contributed by atoms with van der Waals surface area (Å²) >= 11 is 11.3. The summed E-state index contributed by atoms with van der Waals surface area (Å²) in [5, 5.41) is 13.1. The van der Waals surface area contributed by atoms with Gasteiger partial charge in [-0.1, -0.05) is 29.3 Å². The van der Waals surface area contributed by atoms with Gasteiger partial charge in [-0.05, 0) is 30.3 Å².